The van der Waals surface area contributed by atoms with Gasteiger partial charge in [-0.3, -0.25) is 14.4 Å². The maximum Gasteiger partial charge on any atom is 0.250 e. The van der Waals surface area contributed by atoms with Crippen LogP contribution < -0.4 is 16.2 Å². The lowest BCUT2D eigenvalue weighted by atomic mass is 9.97. The number of Topliss-reactive ketones (excluding diaryl/α,β-unsaturated/α-hetero) is 1. The van der Waals surface area contributed by atoms with Gasteiger partial charge in [-0.2, -0.15) is 0 Å². The Balaban J connectivity index is 1.99. The predicted octanol–water partition coefficient (Wildman–Crippen LogP) is 3.20. The summed E-state index contributed by atoms with van der Waals surface area (Å²) in [5.41, 5.74) is 2.60. The van der Waals surface area contributed by atoms with E-state index in [-0.39, 0.29) is 11.5 Å². The van der Waals surface area contributed by atoms with Crippen LogP contribution in [0.1, 0.15) is 22.8 Å². The minimum atomic E-state index is -0.534. The first-order chi connectivity index (χ1) is 11.0. The van der Waals surface area contributed by atoms with E-state index in [1.807, 2.05) is 31.2 Å². The average Bonchev–Trinajstić information content (AvgIpc) is 2.56. The number of hydrogen-bond acceptors (Lipinski definition) is 4. The standard InChI is InChI=1S/C19H15NO3/c1-11-6-8-13(9-7-11)16-17(19(23)18(16)22)20-15-5-3-4-14(10-15)12(2)21/h3-10,20H,1-2H3. The van der Waals surface area contributed by atoms with Crippen molar-refractivity contribution >= 4 is 17.2 Å². The highest BCUT2D eigenvalue weighted by molar-refractivity contribution is 5.95. The summed E-state index contributed by atoms with van der Waals surface area (Å²) in [5.74, 6) is -0.0580. The van der Waals surface area contributed by atoms with Crippen LogP contribution in [-0.4, -0.2) is 5.78 Å². The topological polar surface area (TPSA) is 63.2 Å². The van der Waals surface area contributed by atoms with Crippen LogP contribution >= 0.6 is 0 Å². The van der Waals surface area contributed by atoms with Crippen LogP contribution in [0.25, 0.3) is 11.1 Å². The quantitative estimate of drug-likeness (QED) is 0.594. The number of anilines is 2. The first-order valence-electron chi connectivity index (χ1n) is 7.26. The summed E-state index contributed by atoms with van der Waals surface area (Å²) < 4.78 is 0. The van der Waals surface area contributed by atoms with Gasteiger partial charge in [-0.25, -0.2) is 0 Å². The Morgan fingerprint density at radius 3 is 2.30 bits per heavy atom. The van der Waals surface area contributed by atoms with Gasteiger partial charge < -0.3 is 5.32 Å². The Kier molecular flexibility index (Phi) is 3.66. The molecule has 0 fully saturated rings. The third-order valence-corrected chi connectivity index (χ3v) is 3.79. The van der Waals surface area contributed by atoms with E-state index in [4.69, 9.17) is 0 Å². The largest absolute Gasteiger partial charge is 0.352 e. The molecular weight excluding hydrogens is 290 g/mol. The molecule has 4 heteroatoms. The van der Waals surface area contributed by atoms with E-state index in [1.165, 1.54) is 6.92 Å². The number of nitrogens with one attached hydrogen (secondary N) is 1. The SMILES string of the molecule is CC(=O)c1cccc(Nc2c(-c3ccc(C)cc3)c(=O)c2=O)c1. The van der Waals surface area contributed by atoms with Crippen LogP contribution in [0.2, 0.25) is 0 Å². The molecule has 0 bridgehead atoms. The normalized spacial score (nSPS) is 10.7. The van der Waals surface area contributed by atoms with Gasteiger partial charge >= 0.3 is 0 Å². The van der Waals surface area contributed by atoms with Gasteiger partial charge in [-0.05, 0) is 31.5 Å². The van der Waals surface area contributed by atoms with Crippen LogP contribution in [0.5, 0.6) is 0 Å². The number of carbonyl (C=O) groups is 1. The predicted molar refractivity (Wildman–Crippen MR) is 91.3 cm³/mol. The summed E-state index contributed by atoms with van der Waals surface area (Å²) in [5, 5.41) is 2.97. The Hall–Kier alpha value is -3.01. The maximum absolute atomic E-state index is 11.9. The molecule has 114 valence electrons. The van der Waals surface area contributed by atoms with Crippen molar-refractivity contribution in [2.45, 2.75) is 13.8 Å². The smallest absolute Gasteiger partial charge is 0.250 e. The van der Waals surface area contributed by atoms with Gasteiger partial charge in [0.1, 0.15) is 5.69 Å². The summed E-state index contributed by atoms with van der Waals surface area (Å²) >= 11 is 0. The summed E-state index contributed by atoms with van der Waals surface area (Å²) in [6, 6.07) is 14.3. The number of aryl methyl sites for hydroxylation is 1. The zero-order chi connectivity index (χ0) is 16.6. The number of rotatable bonds is 4. The van der Waals surface area contributed by atoms with E-state index < -0.39 is 10.9 Å². The Bertz CT molecular complexity index is 961. The number of benzene rings is 2. The molecular formula is C19H15NO3. The van der Waals surface area contributed by atoms with E-state index >= 15 is 0 Å². The monoisotopic (exact) mass is 305 g/mol. The molecule has 0 saturated heterocycles. The molecule has 0 unspecified atom stereocenters. The van der Waals surface area contributed by atoms with Gasteiger partial charge in [0, 0.05) is 11.3 Å². The molecule has 0 aromatic heterocycles. The molecule has 0 aliphatic carbocycles. The molecule has 1 N–H and O–H groups in total. The van der Waals surface area contributed by atoms with Crippen molar-refractivity contribution in [1.29, 1.82) is 0 Å². The van der Waals surface area contributed by atoms with E-state index in [0.717, 1.165) is 5.56 Å². The van der Waals surface area contributed by atoms with Crippen molar-refractivity contribution in [2.24, 2.45) is 0 Å². The first kappa shape index (κ1) is 14.9. The van der Waals surface area contributed by atoms with Crippen LogP contribution in [-0.2, 0) is 0 Å². The minimum Gasteiger partial charge on any atom is -0.352 e. The molecule has 3 rings (SSSR count). The van der Waals surface area contributed by atoms with Gasteiger partial charge in [0.25, 0.3) is 5.43 Å². The number of carbonyl (C=O) groups excluding carboxylic acids is 1. The summed E-state index contributed by atoms with van der Waals surface area (Å²) in [4.78, 5) is 35.3. The molecule has 3 aromatic rings. The highest BCUT2D eigenvalue weighted by Gasteiger charge is 2.22. The minimum absolute atomic E-state index is 0.0580. The van der Waals surface area contributed by atoms with Crippen molar-refractivity contribution in [3.63, 3.8) is 0 Å². The molecule has 0 amide bonds. The van der Waals surface area contributed by atoms with Crippen LogP contribution in [0.15, 0.2) is 58.1 Å². The lowest BCUT2D eigenvalue weighted by Crippen LogP contribution is -2.35. The van der Waals surface area contributed by atoms with Crippen molar-refractivity contribution in [2.75, 3.05) is 5.32 Å². The fourth-order valence-corrected chi connectivity index (χ4v) is 2.47. The summed E-state index contributed by atoms with van der Waals surface area (Å²) in [7, 11) is 0. The molecule has 0 aliphatic heterocycles. The maximum atomic E-state index is 11.9. The summed E-state index contributed by atoms with van der Waals surface area (Å²) in [6.45, 7) is 3.44. The van der Waals surface area contributed by atoms with Crippen LogP contribution in [0, 0.1) is 6.92 Å². The van der Waals surface area contributed by atoms with Gasteiger partial charge in [-0.1, -0.05) is 42.0 Å². The molecule has 4 nitrogen and oxygen atoms in total. The second-order valence-electron chi connectivity index (χ2n) is 5.54. The zero-order valence-electron chi connectivity index (χ0n) is 12.8. The molecule has 3 aromatic carbocycles. The zero-order valence-corrected chi connectivity index (χ0v) is 12.8. The average molecular weight is 305 g/mol. The third kappa shape index (κ3) is 2.71. The van der Waals surface area contributed by atoms with Crippen molar-refractivity contribution in [1.82, 2.24) is 0 Å². The van der Waals surface area contributed by atoms with Gasteiger partial charge in [0.05, 0.1) is 5.56 Å². The van der Waals surface area contributed by atoms with Gasteiger partial charge in [0.15, 0.2) is 5.78 Å². The molecule has 0 radical (unpaired) electrons. The van der Waals surface area contributed by atoms with Gasteiger partial charge in [-0.15, -0.1) is 0 Å². The Morgan fingerprint density at radius 1 is 0.957 bits per heavy atom. The van der Waals surface area contributed by atoms with E-state index in [0.29, 0.717) is 22.4 Å². The molecule has 0 heterocycles. The highest BCUT2D eigenvalue weighted by atomic mass is 16.2. The molecule has 0 aliphatic rings. The fourth-order valence-electron chi connectivity index (χ4n) is 2.47. The van der Waals surface area contributed by atoms with E-state index in [1.54, 1.807) is 24.3 Å². The van der Waals surface area contributed by atoms with Crippen molar-refractivity contribution < 1.29 is 4.79 Å². The lowest BCUT2D eigenvalue weighted by molar-refractivity contribution is 0.101. The first-order valence-corrected chi connectivity index (χ1v) is 7.26. The fraction of sp³-hybridized carbons (Fsp3) is 0.105. The van der Waals surface area contributed by atoms with Crippen LogP contribution in [0.3, 0.4) is 0 Å². The van der Waals surface area contributed by atoms with Crippen molar-refractivity contribution in [3.8, 4) is 11.1 Å². The Labute approximate surface area is 133 Å². The van der Waals surface area contributed by atoms with E-state index in [9.17, 15) is 14.4 Å². The van der Waals surface area contributed by atoms with Crippen molar-refractivity contribution in [3.05, 3.63) is 80.1 Å². The number of hydrogen-bond donors (Lipinski definition) is 1. The van der Waals surface area contributed by atoms with E-state index in [2.05, 4.69) is 5.32 Å². The second-order valence-corrected chi connectivity index (χ2v) is 5.54. The Morgan fingerprint density at radius 2 is 1.65 bits per heavy atom. The third-order valence-electron chi connectivity index (χ3n) is 3.79. The lowest BCUT2D eigenvalue weighted by Gasteiger charge is -2.14. The molecule has 0 spiro atoms. The van der Waals surface area contributed by atoms with Gasteiger partial charge in [0.2, 0.25) is 5.43 Å². The molecule has 0 atom stereocenters. The van der Waals surface area contributed by atoms with Crippen LogP contribution in [0.4, 0.5) is 11.4 Å². The summed E-state index contributed by atoms with van der Waals surface area (Å²) in [6.07, 6.45) is 0. The second kappa shape index (κ2) is 5.65. The highest BCUT2D eigenvalue weighted by Crippen LogP contribution is 2.27. The molecule has 0 saturated carbocycles. The molecule has 23 heavy (non-hydrogen) atoms. The number of ketones is 1.